The van der Waals surface area contributed by atoms with E-state index in [1.54, 1.807) is 18.2 Å². The van der Waals surface area contributed by atoms with Crippen molar-refractivity contribution in [2.75, 3.05) is 11.9 Å². The molecule has 1 fully saturated rings. The van der Waals surface area contributed by atoms with E-state index in [1.807, 2.05) is 6.07 Å². The van der Waals surface area contributed by atoms with E-state index in [0.29, 0.717) is 17.7 Å². The minimum atomic E-state index is -0.0656. The number of rotatable bonds is 5. The number of carbonyl (C=O) groups excluding carboxylic acids is 2. The Morgan fingerprint density at radius 2 is 2.16 bits per heavy atom. The van der Waals surface area contributed by atoms with Gasteiger partial charge in [0.15, 0.2) is 5.78 Å². The van der Waals surface area contributed by atoms with Crippen LogP contribution in [0.15, 0.2) is 24.3 Å². The van der Waals surface area contributed by atoms with Crippen molar-refractivity contribution in [3.63, 3.8) is 0 Å². The number of ketones is 1. The lowest BCUT2D eigenvalue weighted by atomic mass is 10.1. The molecule has 0 aromatic heterocycles. The minimum Gasteiger partial charge on any atom is -0.378 e. The molecule has 1 aromatic carbocycles. The van der Waals surface area contributed by atoms with Crippen LogP contribution in [-0.4, -0.2) is 24.4 Å². The van der Waals surface area contributed by atoms with Crippen molar-refractivity contribution in [1.29, 1.82) is 0 Å². The predicted molar refractivity (Wildman–Crippen MR) is 73.3 cm³/mol. The molecule has 4 heteroatoms. The highest BCUT2D eigenvalue weighted by Crippen LogP contribution is 2.19. The Labute approximate surface area is 113 Å². The predicted octanol–water partition coefficient (Wildman–Crippen LogP) is 2.79. The molecule has 102 valence electrons. The van der Waals surface area contributed by atoms with Crippen molar-refractivity contribution in [3.05, 3.63) is 29.8 Å². The molecule has 1 heterocycles. The maximum atomic E-state index is 11.9. The van der Waals surface area contributed by atoms with Gasteiger partial charge in [-0.25, -0.2) is 0 Å². The molecule has 2 rings (SSSR count). The Hall–Kier alpha value is -1.68. The number of hydrogen-bond acceptors (Lipinski definition) is 3. The van der Waals surface area contributed by atoms with E-state index >= 15 is 0 Å². The van der Waals surface area contributed by atoms with Crippen LogP contribution < -0.4 is 5.32 Å². The van der Waals surface area contributed by atoms with Gasteiger partial charge in [-0.3, -0.25) is 9.59 Å². The Morgan fingerprint density at radius 1 is 1.37 bits per heavy atom. The summed E-state index contributed by atoms with van der Waals surface area (Å²) in [5.41, 5.74) is 1.14. The molecule has 0 spiro atoms. The minimum absolute atomic E-state index is 0.0463. The van der Waals surface area contributed by atoms with Crippen molar-refractivity contribution in [1.82, 2.24) is 0 Å². The van der Waals surface area contributed by atoms with E-state index < -0.39 is 0 Å². The van der Waals surface area contributed by atoms with Gasteiger partial charge in [-0.1, -0.05) is 12.1 Å². The zero-order valence-electron chi connectivity index (χ0n) is 11.1. The summed E-state index contributed by atoms with van der Waals surface area (Å²) in [5.74, 6) is -0.112. The fourth-order valence-electron chi connectivity index (χ4n) is 2.28. The Morgan fingerprint density at radius 3 is 2.84 bits per heavy atom. The highest BCUT2D eigenvalue weighted by Gasteiger charge is 2.17. The van der Waals surface area contributed by atoms with Crippen molar-refractivity contribution in [2.24, 2.45) is 0 Å². The highest BCUT2D eigenvalue weighted by molar-refractivity contribution is 6.03. The van der Waals surface area contributed by atoms with Crippen molar-refractivity contribution >= 4 is 17.4 Å². The Balaban J connectivity index is 1.89. The first-order valence-electron chi connectivity index (χ1n) is 6.68. The van der Waals surface area contributed by atoms with Crippen LogP contribution in [-0.2, 0) is 9.53 Å². The monoisotopic (exact) mass is 261 g/mol. The number of anilines is 1. The van der Waals surface area contributed by atoms with E-state index in [0.717, 1.165) is 25.9 Å². The molecule has 1 unspecified atom stereocenters. The van der Waals surface area contributed by atoms with E-state index in [2.05, 4.69) is 5.32 Å². The normalized spacial score (nSPS) is 18.3. The first kappa shape index (κ1) is 13.7. The summed E-state index contributed by atoms with van der Waals surface area (Å²) in [6.07, 6.45) is 3.51. The molecule has 1 N–H and O–H groups in total. The van der Waals surface area contributed by atoms with Gasteiger partial charge >= 0.3 is 0 Å². The number of hydrogen-bond donors (Lipinski definition) is 1. The molecule has 19 heavy (non-hydrogen) atoms. The molecule has 1 saturated heterocycles. The third-order valence-corrected chi connectivity index (χ3v) is 3.30. The van der Waals surface area contributed by atoms with Crippen LogP contribution in [0.4, 0.5) is 5.69 Å². The number of Topliss-reactive ketones (excluding diaryl/α,β-unsaturated/α-hetero) is 1. The van der Waals surface area contributed by atoms with Gasteiger partial charge in [0.1, 0.15) is 0 Å². The zero-order chi connectivity index (χ0) is 13.7. The molecule has 1 aliphatic rings. The first-order chi connectivity index (χ1) is 9.16. The molecule has 1 aromatic rings. The van der Waals surface area contributed by atoms with Gasteiger partial charge in [0, 0.05) is 18.6 Å². The van der Waals surface area contributed by atoms with Gasteiger partial charge in [-0.05, 0) is 38.3 Å². The maximum absolute atomic E-state index is 11.9. The number of nitrogens with one attached hydrogen (secondary N) is 1. The van der Waals surface area contributed by atoms with Gasteiger partial charge in [0.2, 0.25) is 5.91 Å². The van der Waals surface area contributed by atoms with Crippen LogP contribution >= 0.6 is 0 Å². The largest absolute Gasteiger partial charge is 0.378 e. The topological polar surface area (TPSA) is 55.4 Å². The fraction of sp³-hybridized carbons (Fsp3) is 0.467. The second-order valence-corrected chi connectivity index (χ2v) is 4.82. The van der Waals surface area contributed by atoms with Crippen LogP contribution in [0.2, 0.25) is 0 Å². The van der Waals surface area contributed by atoms with Gasteiger partial charge in [0.05, 0.1) is 11.8 Å². The third kappa shape index (κ3) is 3.89. The molecule has 1 amide bonds. The molecule has 0 saturated carbocycles. The number of carbonyl (C=O) groups is 2. The first-order valence-corrected chi connectivity index (χ1v) is 6.68. The fourth-order valence-corrected chi connectivity index (χ4v) is 2.28. The summed E-state index contributed by atoms with van der Waals surface area (Å²) in [6, 6.07) is 7.07. The average Bonchev–Trinajstić information content (AvgIpc) is 2.90. The summed E-state index contributed by atoms with van der Waals surface area (Å²) in [7, 11) is 0. The summed E-state index contributed by atoms with van der Waals surface area (Å²) < 4.78 is 5.48. The standard InChI is InChI=1S/C15H19NO3/c1-11(17)13-6-2-3-7-14(13)16-15(18)9-8-12-5-4-10-19-12/h2-3,6-7,12H,4-5,8-10H2,1H3,(H,16,18). The molecular formula is C15H19NO3. The molecule has 4 nitrogen and oxygen atoms in total. The van der Waals surface area contributed by atoms with E-state index in [1.165, 1.54) is 6.92 Å². The van der Waals surface area contributed by atoms with Gasteiger partial charge < -0.3 is 10.1 Å². The molecule has 0 bridgehead atoms. The second-order valence-electron chi connectivity index (χ2n) is 4.82. The van der Waals surface area contributed by atoms with Gasteiger partial charge in [-0.15, -0.1) is 0 Å². The van der Waals surface area contributed by atoms with E-state index in [9.17, 15) is 9.59 Å². The zero-order valence-corrected chi connectivity index (χ0v) is 11.1. The molecule has 0 aliphatic carbocycles. The van der Waals surface area contributed by atoms with Crippen LogP contribution in [0.1, 0.15) is 43.0 Å². The smallest absolute Gasteiger partial charge is 0.224 e. The van der Waals surface area contributed by atoms with Gasteiger partial charge in [0.25, 0.3) is 0 Å². The van der Waals surface area contributed by atoms with Crippen LogP contribution in [0.3, 0.4) is 0 Å². The quantitative estimate of drug-likeness (QED) is 0.829. The lowest BCUT2D eigenvalue weighted by molar-refractivity contribution is -0.116. The van der Waals surface area contributed by atoms with Crippen LogP contribution in [0.5, 0.6) is 0 Å². The summed E-state index contributed by atoms with van der Waals surface area (Å²) in [6.45, 7) is 2.30. The maximum Gasteiger partial charge on any atom is 0.224 e. The second kappa shape index (κ2) is 6.48. The number of para-hydroxylation sites is 1. The average molecular weight is 261 g/mol. The Bertz CT molecular complexity index is 464. The van der Waals surface area contributed by atoms with Crippen molar-refractivity contribution in [2.45, 2.75) is 38.7 Å². The highest BCUT2D eigenvalue weighted by atomic mass is 16.5. The third-order valence-electron chi connectivity index (χ3n) is 3.30. The Kier molecular flexibility index (Phi) is 4.68. The van der Waals surface area contributed by atoms with E-state index in [4.69, 9.17) is 4.74 Å². The van der Waals surface area contributed by atoms with Crippen molar-refractivity contribution < 1.29 is 14.3 Å². The molecule has 0 radical (unpaired) electrons. The molecular weight excluding hydrogens is 242 g/mol. The summed E-state index contributed by atoms with van der Waals surface area (Å²) in [5, 5.41) is 2.80. The van der Waals surface area contributed by atoms with E-state index in [-0.39, 0.29) is 17.8 Å². The van der Waals surface area contributed by atoms with Crippen molar-refractivity contribution in [3.8, 4) is 0 Å². The molecule has 1 atom stereocenters. The SMILES string of the molecule is CC(=O)c1ccccc1NC(=O)CCC1CCCO1. The lowest BCUT2D eigenvalue weighted by Crippen LogP contribution is -2.16. The summed E-state index contributed by atoms with van der Waals surface area (Å²) >= 11 is 0. The van der Waals surface area contributed by atoms with Gasteiger partial charge in [-0.2, -0.15) is 0 Å². The lowest BCUT2D eigenvalue weighted by Gasteiger charge is -2.11. The number of ether oxygens (including phenoxy) is 1. The van der Waals surface area contributed by atoms with Crippen LogP contribution in [0.25, 0.3) is 0 Å². The van der Waals surface area contributed by atoms with Crippen LogP contribution in [0, 0.1) is 0 Å². The summed E-state index contributed by atoms with van der Waals surface area (Å²) in [4.78, 5) is 23.3. The number of benzene rings is 1. The molecule has 1 aliphatic heterocycles. The number of amides is 1.